The van der Waals surface area contributed by atoms with Crippen molar-refractivity contribution < 1.29 is 0 Å². The molecule has 0 bridgehead atoms. The van der Waals surface area contributed by atoms with E-state index in [9.17, 15) is 0 Å². The van der Waals surface area contributed by atoms with Crippen molar-refractivity contribution in [2.75, 3.05) is 18.0 Å². The van der Waals surface area contributed by atoms with Crippen molar-refractivity contribution in [2.45, 2.75) is 39.4 Å². The summed E-state index contributed by atoms with van der Waals surface area (Å²) in [6.45, 7) is 9.36. The molecule has 0 radical (unpaired) electrons. The van der Waals surface area contributed by atoms with Crippen molar-refractivity contribution in [2.24, 2.45) is 0 Å². The van der Waals surface area contributed by atoms with Gasteiger partial charge in [0.1, 0.15) is 0 Å². The second-order valence-electron chi connectivity index (χ2n) is 9.69. The first kappa shape index (κ1) is 20.8. The molecule has 0 amide bonds. The molecule has 6 heteroatoms. The van der Waals surface area contributed by atoms with Gasteiger partial charge in [0.2, 0.25) is 0 Å². The van der Waals surface area contributed by atoms with Gasteiger partial charge in [-0.1, -0.05) is 12.1 Å². The molecule has 2 aliphatic rings. The standard InChI is InChI=1S/C28H28N6/c1-18-13-32(14-19(2)30-18)25-8-9-26-24(10-25)17-33-16-23(22-6-4-21(12-29)5-7-22)11-27(33)28-31-20(3)15-34(26)28/h4-11,15-16,18-19,30H,13-14,17H2,1-3H3/t18-,19?/m1/s1. The number of nitriles is 1. The summed E-state index contributed by atoms with van der Waals surface area (Å²) in [5.41, 5.74) is 8.78. The van der Waals surface area contributed by atoms with Gasteiger partial charge in [-0.3, -0.25) is 4.57 Å². The number of piperazine rings is 1. The van der Waals surface area contributed by atoms with Crippen LogP contribution in [0.3, 0.4) is 0 Å². The van der Waals surface area contributed by atoms with Gasteiger partial charge in [-0.05, 0) is 68.3 Å². The van der Waals surface area contributed by atoms with Crippen LogP contribution in [0, 0.1) is 18.3 Å². The van der Waals surface area contributed by atoms with E-state index in [1.165, 1.54) is 16.9 Å². The SMILES string of the molecule is Cc1cn2c(n1)-c1cc(-c3ccc(C#N)cc3)cn1Cc1cc(N3CC(C)N[C@H](C)C3)ccc1-2. The summed E-state index contributed by atoms with van der Waals surface area (Å²) in [7, 11) is 0. The van der Waals surface area contributed by atoms with E-state index in [0.29, 0.717) is 17.6 Å². The Bertz CT molecular complexity index is 1410. The van der Waals surface area contributed by atoms with Crippen LogP contribution < -0.4 is 10.2 Å². The molecule has 0 aliphatic carbocycles. The highest BCUT2D eigenvalue weighted by molar-refractivity contribution is 5.72. The van der Waals surface area contributed by atoms with Gasteiger partial charge in [-0.15, -0.1) is 0 Å². The Kier molecular flexibility index (Phi) is 4.82. The summed E-state index contributed by atoms with van der Waals surface area (Å²) in [5.74, 6) is 0.966. The fraction of sp³-hybridized carbons (Fsp3) is 0.286. The summed E-state index contributed by atoms with van der Waals surface area (Å²) in [5, 5.41) is 12.8. The molecule has 6 rings (SSSR count). The van der Waals surface area contributed by atoms with Gasteiger partial charge in [0.05, 0.1) is 28.7 Å². The van der Waals surface area contributed by atoms with Crippen LogP contribution in [-0.4, -0.2) is 39.3 Å². The first-order valence-electron chi connectivity index (χ1n) is 11.9. The molecule has 1 N–H and O–H groups in total. The average molecular weight is 449 g/mol. The zero-order chi connectivity index (χ0) is 23.4. The van der Waals surface area contributed by atoms with Crippen LogP contribution in [-0.2, 0) is 6.54 Å². The molecule has 1 fully saturated rings. The number of anilines is 1. The maximum Gasteiger partial charge on any atom is 0.161 e. The first-order valence-corrected chi connectivity index (χ1v) is 11.9. The van der Waals surface area contributed by atoms with Crippen LogP contribution in [0.2, 0.25) is 0 Å². The van der Waals surface area contributed by atoms with Gasteiger partial charge in [0.15, 0.2) is 5.82 Å². The Morgan fingerprint density at radius 2 is 1.74 bits per heavy atom. The number of nitrogens with one attached hydrogen (secondary N) is 1. The maximum atomic E-state index is 9.14. The second-order valence-corrected chi connectivity index (χ2v) is 9.69. The van der Waals surface area contributed by atoms with E-state index in [4.69, 9.17) is 10.2 Å². The zero-order valence-electron chi connectivity index (χ0n) is 19.8. The van der Waals surface area contributed by atoms with Gasteiger partial charge >= 0.3 is 0 Å². The van der Waals surface area contributed by atoms with Crippen LogP contribution in [0.15, 0.2) is 60.9 Å². The molecular weight excluding hydrogens is 420 g/mol. The van der Waals surface area contributed by atoms with E-state index in [1.807, 2.05) is 31.2 Å². The molecule has 0 spiro atoms. The Hall–Kier alpha value is -3.82. The molecule has 1 saturated heterocycles. The number of rotatable bonds is 2. The zero-order valence-corrected chi connectivity index (χ0v) is 19.8. The lowest BCUT2D eigenvalue weighted by Crippen LogP contribution is -2.54. The van der Waals surface area contributed by atoms with Crippen molar-refractivity contribution in [3.8, 4) is 34.4 Å². The fourth-order valence-electron chi connectivity index (χ4n) is 5.44. The molecule has 2 aromatic carbocycles. The quantitative estimate of drug-likeness (QED) is 0.424. The van der Waals surface area contributed by atoms with E-state index in [2.05, 4.69) is 75.9 Å². The first-order chi connectivity index (χ1) is 16.5. The molecule has 34 heavy (non-hydrogen) atoms. The highest BCUT2D eigenvalue weighted by Gasteiger charge is 2.25. The Morgan fingerprint density at radius 1 is 0.971 bits per heavy atom. The number of hydrogen-bond donors (Lipinski definition) is 1. The number of hydrogen-bond acceptors (Lipinski definition) is 4. The Labute approximate surface area is 200 Å². The van der Waals surface area contributed by atoms with Gasteiger partial charge < -0.3 is 14.8 Å². The van der Waals surface area contributed by atoms with E-state index < -0.39 is 0 Å². The number of imidazole rings is 1. The lowest BCUT2D eigenvalue weighted by molar-refractivity contribution is 0.407. The minimum atomic E-state index is 0.469. The average Bonchev–Trinajstić information content (AvgIpc) is 3.39. The van der Waals surface area contributed by atoms with Crippen LogP contribution in [0.1, 0.15) is 30.7 Å². The summed E-state index contributed by atoms with van der Waals surface area (Å²) >= 11 is 0. The third-order valence-corrected chi connectivity index (χ3v) is 6.89. The highest BCUT2D eigenvalue weighted by Crippen LogP contribution is 2.36. The molecule has 2 atom stereocenters. The van der Waals surface area contributed by atoms with E-state index in [1.54, 1.807) is 0 Å². The predicted octanol–water partition coefficient (Wildman–Crippen LogP) is 4.74. The maximum absolute atomic E-state index is 9.14. The van der Waals surface area contributed by atoms with Crippen LogP contribution >= 0.6 is 0 Å². The number of aryl methyl sites for hydroxylation is 1. The Balaban J connectivity index is 1.44. The summed E-state index contributed by atoms with van der Waals surface area (Å²) < 4.78 is 4.54. The number of nitrogens with zero attached hydrogens (tertiary/aromatic N) is 5. The van der Waals surface area contributed by atoms with Crippen molar-refractivity contribution in [1.29, 1.82) is 5.26 Å². The van der Waals surface area contributed by atoms with Gasteiger partial charge in [0, 0.05) is 55.4 Å². The lowest BCUT2D eigenvalue weighted by atomic mass is 10.1. The minimum absolute atomic E-state index is 0.469. The van der Waals surface area contributed by atoms with Gasteiger partial charge in [-0.25, -0.2) is 4.98 Å². The van der Waals surface area contributed by atoms with E-state index in [-0.39, 0.29) is 0 Å². The molecule has 0 saturated carbocycles. The second kappa shape index (κ2) is 7.89. The van der Waals surface area contributed by atoms with Crippen molar-refractivity contribution in [1.82, 2.24) is 19.4 Å². The van der Waals surface area contributed by atoms with Crippen LogP contribution in [0.25, 0.3) is 28.3 Å². The molecule has 1 unspecified atom stereocenters. The summed E-state index contributed by atoms with van der Waals surface area (Å²) in [6, 6.07) is 20.0. The number of fused-ring (bicyclic) bond motifs is 5. The third kappa shape index (κ3) is 3.49. The molecule has 4 heterocycles. The predicted molar refractivity (Wildman–Crippen MR) is 135 cm³/mol. The molecule has 2 aromatic heterocycles. The molecule has 6 nitrogen and oxygen atoms in total. The largest absolute Gasteiger partial charge is 0.368 e. The third-order valence-electron chi connectivity index (χ3n) is 6.89. The smallest absolute Gasteiger partial charge is 0.161 e. The minimum Gasteiger partial charge on any atom is -0.368 e. The van der Waals surface area contributed by atoms with Crippen molar-refractivity contribution in [3.05, 3.63) is 77.7 Å². The van der Waals surface area contributed by atoms with Crippen molar-refractivity contribution >= 4 is 5.69 Å². The Morgan fingerprint density at radius 3 is 2.47 bits per heavy atom. The highest BCUT2D eigenvalue weighted by atomic mass is 15.2. The molecule has 170 valence electrons. The topological polar surface area (TPSA) is 61.8 Å². The van der Waals surface area contributed by atoms with Gasteiger partial charge in [0.25, 0.3) is 0 Å². The molecular formula is C28H28N6. The van der Waals surface area contributed by atoms with Crippen LogP contribution in [0.4, 0.5) is 5.69 Å². The number of benzene rings is 2. The van der Waals surface area contributed by atoms with Crippen LogP contribution in [0.5, 0.6) is 0 Å². The molecule has 2 aliphatic heterocycles. The van der Waals surface area contributed by atoms with E-state index in [0.717, 1.165) is 48.0 Å². The molecule has 4 aromatic rings. The normalized spacial score (nSPS) is 19.1. The lowest BCUT2D eigenvalue weighted by Gasteiger charge is -2.38. The van der Waals surface area contributed by atoms with Crippen molar-refractivity contribution in [3.63, 3.8) is 0 Å². The van der Waals surface area contributed by atoms with Gasteiger partial charge in [-0.2, -0.15) is 5.26 Å². The monoisotopic (exact) mass is 448 g/mol. The van der Waals surface area contributed by atoms with E-state index >= 15 is 0 Å². The summed E-state index contributed by atoms with van der Waals surface area (Å²) in [6.07, 6.45) is 4.34. The summed E-state index contributed by atoms with van der Waals surface area (Å²) in [4.78, 5) is 7.39. The number of aromatic nitrogens is 3. The fourth-order valence-corrected chi connectivity index (χ4v) is 5.44.